The molecule has 0 bridgehead atoms. The molecule has 3 heteroatoms. The van der Waals surface area contributed by atoms with Gasteiger partial charge < -0.3 is 4.74 Å². The van der Waals surface area contributed by atoms with Crippen LogP contribution in [0.25, 0.3) is 0 Å². The van der Waals surface area contributed by atoms with Gasteiger partial charge in [-0.1, -0.05) is 42.5 Å². The lowest BCUT2D eigenvalue weighted by atomic mass is 10.1. The standard InChI is InChI=1S/C18H20FNO/c19-17-8-6-16(7-9-17)18-14-20(12-13-21-18)11-10-15-4-2-1-3-5-15/h1-9,18H,10-14H2/t18-/m0/s1. The Hall–Kier alpha value is -1.71. The maximum atomic E-state index is 13.0. The van der Waals surface area contributed by atoms with Crippen molar-refractivity contribution in [3.63, 3.8) is 0 Å². The van der Waals surface area contributed by atoms with E-state index in [4.69, 9.17) is 4.74 Å². The molecule has 0 unspecified atom stereocenters. The maximum absolute atomic E-state index is 13.0. The van der Waals surface area contributed by atoms with Crippen LogP contribution >= 0.6 is 0 Å². The van der Waals surface area contributed by atoms with E-state index in [1.54, 1.807) is 0 Å². The lowest BCUT2D eigenvalue weighted by Crippen LogP contribution is -2.39. The minimum atomic E-state index is -0.199. The largest absolute Gasteiger partial charge is 0.371 e. The number of halogens is 1. The molecule has 2 nitrogen and oxygen atoms in total. The number of rotatable bonds is 4. The van der Waals surface area contributed by atoms with Gasteiger partial charge in [0.2, 0.25) is 0 Å². The normalized spacial score (nSPS) is 19.6. The van der Waals surface area contributed by atoms with Crippen LogP contribution in [0.15, 0.2) is 54.6 Å². The summed E-state index contributed by atoms with van der Waals surface area (Å²) >= 11 is 0. The smallest absolute Gasteiger partial charge is 0.123 e. The molecule has 0 radical (unpaired) electrons. The zero-order valence-electron chi connectivity index (χ0n) is 12.0. The molecule has 1 fully saturated rings. The molecule has 0 N–H and O–H groups in total. The summed E-state index contributed by atoms with van der Waals surface area (Å²) in [6.45, 7) is 3.60. The van der Waals surface area contributed by atoms with Crippen molar-refractivity contribution in [2.24, 2.45) is 0 Å². The predicted molar refractivity (Wildman–Crippen MR) is 81.7 cm³/mol. The lowest BCUT2D eigenvalue weighted by molar-refractivity contribution is -0.0295. The molecular formula is C18H20FNO. The lowest BCUT2D eigenvalue weighted by Gasteiger charge is -2.33. The Labute approximate surface area is 125 Å². The van der Waals surface area contributed by atoms with E-state index >= 15 is 0 Å². The van der Waals surface area contributed by atoms with Crippen LogP contribution < -0.4 is 0 Å². The number of hydrogen-bond acceptors (Lipinski definition) is 2. The van der Waals surface area contributed by atoms with E-state index in [9.17, 15) is 4.39 Å². The van der Waals surface area contributed by atoms with Crippen molar-refractivity contribution in [3.8, 4) is 0 Å². The highest BCUT2D eigenvalue weighted by Crippen LogP contribution is 2.22. The molecule has 2 aromatic rings. The number of nitrogens with zero attached hydrogens (tertiary/aromatic N) is 1. The topological polar surface area (TPSA) is 12.5 Å². The average Bonchev–Trinajstić information content (AvgIpc) is 2.55. The highest BCUT2D eigenvalue weighted by atomic mass is 19.1. The molecule has 1 aliphatic heterocycles. The summed E-state index contributed by atoms with van der Waals surface area (Å²) in [5.41, 5.74) is 2.42. The zero-order chi connectivity index (χ0) is 14.5. The third kappa shape index (κ3) is 3.90. The van der Waals surface area contributed by atoms with Gasteiger partial charge in [0, 0.05) is 19.6 Å². The highest BCUT2D eigenvalue weighted by molar-refractivity contribution is 5.19. The van der Waals surface area contributed by atoms with Crippen molar-refractivity contribution < 1.29 is 9.13 Å². The van der Waals surface area contributed by atoms with Crippen molar-refractivity contribution in [1.29, 1.82) is 0 Å². The van der Waals surface area contributed by atoms with E-state index < -0.39 is 0 Å². The van der Waals surface area contributed by atoms with Crippen molar-refractivity contribution in [2.45, 2.75) is 12.5 Å². The van der Waals surface area contributed by atoms with Gasteiger partial charge in [0.05, 0.1) is 12.7 Å². The minimum Gasteiger partial charge on any atom is -0.371 e. The van der Waals surface area contributed by atoms with Crippen molar-refractivity contribution >= 4 is 0 Å². The van der Waals surface area contributed by atoms with E-state index in [0.717, 1.165) is 38.2 Å². The first-order chi connectivity index (χ1) is 10.3. The van der Waals surface area contributed by atoms with Gasteiger partial charge in [0.15, 0.2) is 0 Å². The second kappa shape index (κ2) is 6.83. The molecule has 0 aromatic heterocycles. The Morgan fingerprint density at radius 2 is 1.81 bits per heavy atom. The second-order valence-electron chi connectivity index (χ2n) is 5.45. The molecule has 110 valence electrons. The first kappa shape index (κ1) is 14.2. The number of morpholine rings is 1. The summed E-state index contributed by atoms with van der Waals surface area (Å²) in [6.07, 6.45) is 1.10. The quantitative estimate of drug-likeness (QED) is 0.853. The maximum Gasteiger partial charge on any atom is 0.123 e. The van der Waals surface area contributed by atoms with Crippen molar-refractivity contribution in [1.82, 2.24) is 4.90 Å². The van der Waals surface area contributed by atoms with Gasteiger partial charge in [0.1, 0.15) is 5.82 Å². The van der Waals surface area contributed by atoms with Crippen molar-refractivity contribution in [3.05, 3.63) is 71.5 Å². The molecule has 0 amide bonds. The molecule has 1 aliphatic rings. The van der Waals surface area contributed by atoms with Crippen LogP contribution in [0.1, 0.15) is 17.2 Å². The van der Waals surface area contributed by atoms with Gasteiger partial charge in [-0.05, 0) is 29.7 Å². The van der Waals surface area contributed by atoms with Crippen LogP contribution in [-0.2, 0) is 11.2 Å². The van der Waals surface area contributed by atoms with E-state index in [0.29, 0.717) is 0 Å². The molecular weight excluding hydrogens is 265 g/mol. The van der Waals surface area contributed by atoms with E-state index in [2.05, 4.69) is 29.2 Å². The van der Waals surface area contributed by atoms with Crippen LogP contribution in [0, 0.1) is 5.82 Å². The van der Waals surface area contributed by atoms with Gasteiger partial charge in [-0.25, -0.2) is 4.39 Å². The third-order valence-corrected chi connectivity index (χ3v) is 3.95. The van der Waals surface area contributed by atoms with E-state index in [1.807, 2.05) is 18.2 Å². The van der Waals surface area contributed by atoms with Crippen LogP contribution in [0.4, 0.5) is 4.39 Å². The first-order valence-electron chi connectivity index (χ1n) is 7.44. The summed E-state index contributed by atoms with van der Waals surface area (Å²) in [7, 11) is 0. The van der Waals surface area contributed by atoms with E-state index in [1.165, 1.54) is 17.7 Å². The average molecular weight is 285 g/mol. The number of benzene rings is 2. The fourth-order valence-electron chi connectivity index (χ4n) is 2.72. The summed E-state index contributed by atoms with van der Waals surface area (Å²) in [6, 6.07) is 17.2. The van der Waals surface area contributed by atoms with Crippen LogP contribution in [0.2, 0.25) is 0 Å². The number of ether oxygens (including phenoxy) is 1. The molecule has 0 aliphatic carbocycles. The first-order valence-corrected chi connectivity index (χ1v) is 7.44. The Morgan fingerprint density at radius 1 is 1.05 bits per heavy atom. The van der Waals surface area contributed by atoms with Crippen LogP contribution in [0.3, 0.4) is 0 Å². The monoisotopic (exact) mass is 285 g/mol. The molecule has 1 saturated heterocycles. The molecule has 0 saturated carbocycles. The Morgan fingerprint density at radius 3 is 2.57 bits per heavy atom. The predicted octanol–water partition coefficient (Wildman–Crippen LogP) is 3.44. The highest BCUT2D eigenvalue weighted by Gasteiger charge is 2.21. The Bertz CT molecular complexity index is 555. The van der Waals surface area contributed by atoms with E-state index in [-0.39, 0.29) is 11.9 Å². The van der Waals surface area contributed by atoms with Crippen molar-refractivity contribution in [2.75, 3.05) is 26.2 Å². The second-order valence-corrected chi connectivity index (χ2v) is 5.45. The summed E-state index contributed by atoms with van der Waals surface area (Å²) < 4.78 is 18.8. The minimum absolute atomic E-state index is 0.0510. The fourth-order valence-corrected chi connectivity index (χ4v) is 2.72. The molecule has 21 heavy (non-hydrogen) atoms. The summed E-state index contributed by atoms with van der Waals surface area (Å²) in [5.74, 6) is -0.199. The molecule has 2 aromatic carbocycles. The molecule has 1 atom stereocenters. The fraction of sp³-hybridized carbons (Fsp3) is 0.333. The van der Waals surface area contributed by atoms with Gasteiger partial charge in [-0.2, -0.15) is 0 Å². The SMILES string of the molecule is Fc1ccc([C@@H]2CN(CCc3ccccc3)CCO2)cc1. The Balaban J connectivity index is 1.57. The summed E-state index contributed by atoms with van der Waals surface area (Å²) in [4.78, 5) is 2.42. The molecule has 1 heterocycles. The Kier molecular flexibility index (Phi) is 4.63. The van der Waals surface area contributed by atoms with Crippen LogP contribution in [-0.4, -0.2) is 31.1 Å². The number of hydrogen-bond donors (Lipinski definition) is 0. The van der Waals surface area contributed by atoms with Gasteiger partial charge in [0.25, 0.3) is 0 Å². The van der Waals surface area contributed by atoms with Gasteiger partial charge in [-0.15, -0.1) is 0 Å². The molecule has 0 spiro atoms. The zero-order valence-corrected chi connectivity index (χ0v) is 12.0. The molecule has 3 rings (SSSR count). The van der Waals surface area contributed by atoms with Crippen LogP contribution in [0.5, 0.6) is 0 Å². The van der Waals surface area contributed by atoms with Gasteiger partial charge >= 0.3 is 0 Å². The third-order valence-electron chi connectivity index (χ3n) is 3.95. The summed E-state index contributed by atoms with van der Waals surface area (Å²) in [5, 5.41) is 0. The van der Waals surface area contributed by atoms with Gasteiger partial charge in [-0.3, -0.25) is 4.90 Å².